The summed E-state index contributed by atoms with van der Waals surface area (Å²) in [7, 11) is 0. The number of rotatable bonds is 3. The zero-order valence-corrected chi connectivity index (χ0v) is 10.9. The highest BCUT2D eigenvalue weighted by molar-refractivity contribution is 5.73. The molecule has 0 saturated carbocycles. The summed E-state index contributed by atoms with van der Waals surface area (Å²) in [6.07, 6.45) is 7.08. The van der Waals surface area contributed by atoms with Crippen molar-refractivity contribution in [3.8, 4) is 22.3 Å². The van der Waals surface area contributed by atoms with E-state index in [-0.39, 0.29) is 6.61 Å². The highest BCUT2D eigenvalue weighted by Gasteiger charge is 2.05. The van der Waals surface area contributed by atoms with Crippen molar-refractivity contribution in [2.45, 2.75) is 6.61 Å². The third-order valence-corrected chi connectivity index (χ3v) is 3.20. The van der Waals surface area contributed by atoms with E-state index in [0.29, 0.717) is 0 Å². The van der Waals surface area contributed by atoms with Gasteiger partial charge in [0.2, 0.25) is 0 Å². The van der Waals surface area contributed by atoms with Gasteiger partial charge in [0, 0.05) is 24.8 Å². The molecule has 98 valence electrons. The highest BCUT2D eigenvalue weighted by Crippen LogP contribution is 2.27. The number of pyridine rings is 2. The molecule has 1 N–H and O–H groups in total. The van der Waals surface area contributed by atoms with Crippen LogP contribution in [0.15, 0.2) is 67.3 Å². The Morgan fingerprint density at radius 2 is 1.10 bits per heavy atom. The van der Waals surface area contributed by atoms with Crippen LogP contribution < -0.4 is 0 Å². The molecule has 0 aliphatic rings. The van der Waals surface area contributed by atoms with E-state index in [9.17, 15) is 5.11 Å². The minimum atomic E-state index is 0.0248. The standard InChI is InChI=1S/C17H14N2O/c20-12-13-9-16(14-1-5-18-6-2-14)11-17(10-13)15-3-7-19-8-4-15/h1-11,20H,12H2. The molecule has 0 saturated heterocycles. The Morgan fingerprint density at radius 3 is 1.50 bits per heavy atom. The predicted molar refractivity (Wildman–Crippen MR) is 78.8 cm³/mol. The fourth-order valence-electron chi connectivity index (χ4n) is 2.21. The van der Waals surface area contributed by atoms with Gasteiger partial charge in [0.1, 0.15) is 0 Å². The molecular weight excluding hydrogens is 248 g/mol. The van der Waals surface area contributed by atoms with E-state index in [1.54, 1.807) is 24.8 Å². The van der Waals surface area contributed by atoms with Crippen molar-refractivity contribution in [3.63, 3.8) is 0 Å². The van der Waals surface area contributed by atoms with Crippen molar-refractivity contribution in [2.75, 3.05) is 0 Å². The zero-order chi connectivity index (χ0) is 13.8. The average molecular weight is 262 g/mol. The van der Waals surface area contributed by atoms with Gasteiger partial charge in [-0.05, 0) is 70.3 Å². The molecule has 0 bridgehead atoms. The molecule has 3 rings (SSSR count). The summed E-state index contributed by atoms with van der Waals surface area (Å²) >= 11 is 0. The Hall–Kier alpha value is -2.52. The van der Waals surface area contributed by atoms with Crippen molar-refractivity contribution in [3.05, 3.63) is 72.8 Å². The fourth-order valence-corrected chi connectivity index (χ4v) is 2.21. The van der Waals surface area contributed by atoms with Crippen molar-refractivity contribution < 1.29 is 5.11 Å². The SMILES string of the molecule is OCc1cc(-c2ccncc2)cc(-c2ccncc2)c1. The van der Waals surface area contributed by atoms with Crippen LogP contribution in [0.4, 0.5) is 0 Å². The lowest BCUT2D eigenvalue weighted by atomic mass is 9.97. The normalized spacial score (nSPS) is 10.4. The number of aliphatic hydroxyl groups excluding tert-OH is 1. The van der Waals surface area contributed by atoms with E-state index in [1.165, 1.54) is 0 Å². The highest BCUT2D eigenvalue weighted by atomic mass is 16.3. The van der Waals surface area contributed by atoms with Crippen LogP contribution in [-0.2, 0) is 6.61 Å². The number of benzene rings is 1. The summed E-state index contributed by atoms with van der Waals surface area (Å²) in [6, 6.07) is 14.0. The Kier molecular flexibility index (Phi) is 3.52. The predicted octanol–water partition coefficient (Wildman–Crippen LogP) is 3.30. The second kappa shape index (κ2) is 5.63. The molecule has 0 unspecified atom stereocenters. The first-order chi connectivity index (χ1) is 9.86. The van der Waals surface area contributed by atoms with E-state index in [4.69, 9.17) is 0 Å². The first-order valence-corrected chi connectivity index (χ1v) is 6.42. The number of aromatic nitrogens is 2. The lowest BCUT2D eigenvalue weighted by Gasteiger charge is -2.09. The molecule has 2 heterocycles. The van der Waals surface area contributed by atoms with Gasteiger partial charge in [0.05, 0.1) is 6.61 Å². The molecule has 0 fully saturated rings. The van der Waals surface area contributed by atoms with Crippen molar-refractivity contribution in [1.82, 2.24) is 9.97 Å². The monoisotopic (exact) mass is 262 g/mol. The maximum absolute atomic E-state index is 9.46. The molecule has 3 heteroatoms. The minimum Gasteiger partial charge on any atom is -0.392 e. The molecule has 3 aromatic rings. The summed E-state index contributed by atoms with van der Waals surface area (Å²) in [5.41, 5.74) is 5.22. The van der Waals surface area contributed by atoms with Gasteiger partial charge < -0.3 is 5.11 Å². The van der Waals surface area contributed by atoms with Gasteiger partial charge in [-0.25, -0.2) is 0 Å². The largest absolute Gasteiger partial charge is 0.392 e. The van der Waals surface area contributed by atoms with Crippen molar-refractivity contribution >= 4 is 0 Å². The van der Waals surface area contributed by atoms with E-state index in [0.717, 1.165) is 27.8 Å². The molecule has 0 amide bonds. The second-order valence-electron chi connectivity index (χ2n) is 4.55. The van der Waals surface area contributed by atoms with Gasteiger partial charge >= 0.3 is 0 Å². The van der Waals surface area contributed by atoms with Crippen LogP contribution in [0, 0.1) is 0 Å². The third-order valence-electron chi connectivity index (χ3n) is 3.20. The Balaban J connectivity index is 2.13. The maximum Gasteiger partial charge on any atom is 0.0682 e. The molecule has 0 aliphatic heterocycles. The lowest BCUT2D eigenvalue weighted by molar-refractivity contribution is 0.282. The molecule has 1 aromatic carbocycles. The van der Waals surface area contributed by atoms with Gasteiger partial charge in [0.15, 0.2) is 0 Å². The minimum absolute atomic E-state index is 0.0248. The fraction of sp³-hybridized carbons (Fsp3) is 0.0588. The van der Waals surface area contributed by atoms with Gasteiger partial charge in [-0.3, -0.25) is 9.97 Å². The van der Waals surface area contributed by atoms with Crippen molar-refractivity contribution in [1.29, 1.82) is 0 Å². The molecule has 0 atom stereocenters. The summed E-state index contributed by atoms with van der Waals surface area (Å²) < 4.78 is 0. The first-order valence-electron chi connectivity index (χ1n) is 6.42. The smallest absolute Gasteiger partial charge is 0.0682 e. The van der Waals surface area contributed by atoms with Crippen LogP contribution in [0.2, 0.25) is 0 Å². The Labute approximate surface area is 117 Å². The van der Waals surface area contributed by atoms with Crippen LogP contribution in [0.3, 0.4) is 0 Å². The lowest BCUT2D eigenvalue weighted by Crippen LogP contribution is -1.89. The molecule has 3 nitrogen and oxygen atoms in total. The summed E-state index contributed by atoms with van der Waals surface area (Å²) in [4.78, 5) is 8.07. The topological polar surface area (TPSA) is 46.0 Å². The zero-order valence-electron chi connectivity index (χ0n) is 10.9. The summed E-state index contributed by atoms with van der Waals surface area (Å²) in [5.74, 6) is 0. The summed E-state index contributed by atoms with van der Waals surface area (Å²) in [6.45, 7) is 0.0248. The van der Waals surface area contributed by atoms with E-state index < -0.39 is 0 Å². The average Bonchev–Trinajstić information content (AvgIpc) is 2.56. The van der Waals surface area contributed by atoms with E-state index >= 15 is 0 Å². The van der Waals surface area contributed by atoms with Crippen LogP contribution in [-0.4, -0.2) is 15.1 Å². The van der Waals surface area contributed by atoms with Crippen molar-refractivity contribution in [2.24, 2.45) is 0 Å². The molecule has 2 aromatic heterocycles. The van der Waals surface area contributed by atoms with Crippen LogP contribution in [0.25, 0.3) is 22.3 Å². The maximum atomic E-state index is 9.46. The van der Waals surface area contributed by atoms with E-state index in [1.807, 2.05) is 36.4 Å². The van der Waals surface area contributed by atoms with Gasteiger partial charge in [-0.1, -0.05) is 0 Å². The van der Waals surface area contributed by atoms with Gasteiger partial charge in [-0.15, -0.1) is 0 Å². The molecule has 0 spiro atoms. The van der Waals surface area contributed by atoms with Gasteiger partial charge in [-0.2, -0.15) is 0 Å². The van der Waals surface area contributed by atoms with Crippen LogP contribution in [0.1, 0.15) is 5.56 Å². The molecule has 0 radical (unpaired) electrons. The number of aliphatic hydroxyl groups is 1. The molecule has 20 heavy (non-hydrogen) atoms. The number of hydrogen-bond donors (Lipinski definition) is 1. The van der Waals surface area contributed by atoms with Gasteiger partial charge in [0.25, 0.3) is 0 Å². The summed E-state index contributed by atoms with van der Waals surface area (Å²) in [5, 5.41) is 9.46. The Morgan fingerprint density at radius 1 is 0.650 bits per heavy atom. The second-order valence-corrected chi connectivity index (χ2v) is 4.55. The first kappa shape index (κ1) is 12.5. The molecular formula is C17H14N2O. The molecule has 0 aliphatic carbocycles. The third kappa shape index (κ3) is 2.58. The number of hydrogen-bond acceptors (Lipinski definition) is 3. The Bertz CT molecular complexity index is 639. The van der Waals surface area contributed by atoms with Crippen LogP contribution >= 0.6 is 0 Å². The van der Waals surface area contributed by atoms with E-state index in [2.05, 4.69) is 16.0 Å². The van der Waals surface area contributed by atoms with Crippen LogP contribution in [0.5, 0.6) is 0 Å². The quantitative estimate of drug-likeness (QED) is 0.787. The number of nitrogens with zero attached hydrogens (tertiary/aromatic N) is 2.